The molecule has 0 aliphatic carbocycles. The first kappa shape index (κ1) is 17.8. The normalized spacial score (nSPS) is 15.8. The minimum Gasteiger partial charge on any atom is -0.493 e. The van der Waals surface area contributed by atoms with Crippen molar-refractivity contribution < 1.29 is 19.1 Å². The Balaban J connectivity index is 1.64. The number of para-hydroxylation sites is 2. The number of fused-ring (bicyclic) bond motifs is 1. The number of nitrogens with zero attached hydrogens (tertiary/aromatic N) is 2. The molecule has 2 aromatic rings. The summed E-state index contributed by atoms with van der Waals surface area (Å²) in [6.45, 7) is 1.91. The average molecular weight is 354 g/mol. The van der Waals surface area contributed by atoms with Crippen LogP contribution in [0.4, 0.5) is 5.69 Å². The second-order valence-electron chi connectivity index (χ2n) is 6.04. The van der Waals surface area contributed by atoms with E-state index >= 15 is 0 Å². The summed E-state index contributed by atoms with van der Waals surface area (Å²) < 4.78 is 10.6. The van der Waals surface area contributed by atoms with Crippen molar-refractivity contribution in [3.8, 4) is 11.5 Å². The number of oxime groups is 1. The summed E-state index contributed by atoms with van der Waals surface area (Å²) in [7, 11) is 3.13. The topological polar surface area (TPSA) is 60.4 Å². The molecule has 3 rings (SSSR count). The summed E-state index contributed by atoms with van der Waals surface area (Å²) >= 11 is 0. The molecule has 1 aliphatic heterocycles. The van der Waals surface area contributed by atoms with Crippen molar-refractivity contribution in [2.75, 3.05) is 25.7 Å². The smallest absolute Gasteiger partial charge is 0.268 e. The summed E-state index contributed by atoms with van der Waals surface area (Å²) in [4.78, 5) is 19.5. The zero-order valence-electron chi connectivity index (χ0n) is 15.1. The fourth-order valence-corrected chi connectivity index (χ4v) is 3.22. The van der Waals surface area contributed by atoms with Crippen LogP contribution in [0.25, 0.3) is 0 Å². The molecule has 0 aromatic heterocycles. The molecule has 0 fully saturated rings. The Kier molecular flexibility index (Phi) is 5.41. The van der Waals surface area contributed by atoms with E-state index in [0.29, 0.717) is 17.1 Å². The molecule has 1 amide bonds. The lowest BCUT2D eigenvalue weighted by Crippen LogP contribution is -2.37. The van der Waals surface area contributed by atoms with E-state index in [9.17, 15) is 4.79 Å². The highest BCUT2D eigenvalue weighted by Crippen LogP contribution is 2.32. The van der Waals surface area contributed by atoms with Crippen LogP contribution in [0.2, 0.25) is 0 Å². The van der Waals surface area contributed by atoms with Crippen molar-refractivity contribution >= 4 is 17.8 Å². The predicted octanol–water partition coefficient (Wildman–Crippen LogP) is 3.03. The Labute approximate surface area is 153 Å². The van der Waals surface area contributed by atoms with Crippen LogP contribution < -0.4 is 14.4 Å². The van der Waals surface area contributed by atoms with Crippen molar-refractivity contribution in [2.24, 2.45) is 5.16 Å². The van der Waals surface area contributed by atoms with Crippen LogP contribution in [0.1, 0.15) is 18.1 Å². The van der Waals surface area contributed by atoms with Gasteiger partial charge in [-0.15, -0.1) is 0 Å². The van der Waals surface area contributed by atoms with Gasteiger partial charge in [0.2, 0.25) is 0 Å². The van der Waals surface area contributed by atoms with Gasteiger partial charge in [0, 0.05) is 17.3 Å². The number of ether oxygens (including phenoxy) is 2. The summed E-state index contributed by atoms with van der Waals surface area (Å²) in [6, 6.07) is 13.5. The fraction of sp³-hybridized carbons (Fsp3) is 0.300. The van der Waals surface area contributed by atoms with Gasteiger partial charge in [0.15, 0.2) is 18.1 Å². The standard InChI is InChI=1S/C20H22N2O4/c1-14-11-15-7-4-5-9-17(15)22(14)19(23)13-26-21-12-16-8-6-10-18(24-2)20(16)25-3/h4-10,12,14H,11,13H2,1-3H3/b21-12-/t14-/m1/s1. The zero-order chi connectivity index (χ0) is 18.5. The fourth-order valence-electron chi connectivity index (χ4n) is 3.22. The van der Waals surface area contributed by atoms with E-state index in [-0.39, 0.29) is 18.6 Å². The van der Waals surface area contributed by atoms with E-state index in [4.69, 9.17) is 14.3 Å². The van der Waals surface area contributed by atoms with Gasteiger partial charge >= 0.3 is 0 Å². The molecule has 1 heterocycles. The summed E-state index contributed by atoms with van der Waals surface area (Å²) in [5.74, 6) is 1.06. The number of amides is 1. The van der Waals surface area contributed by atoms with Crippen molar-refractivity contribution in [3.63, 3.8) is 0 Å². The Hall–Kier alpha value is -3.02. The number of hydrogen-bond donors (Lipinski definition) is 0. The van der Waals surface area contributed by atoms with E-state index in [1.165, 1.54) is 11.8 Å². The lowest BCUT2D eigenvalue weighted by atomic mass is 10.1. The second kappa shape index (κ2) is 7.91. The minimum absolute atomic E-state index is 0.114. The Morgan fingerprint density at radius 2 is 2.00 bits per heavy atom. The van der Waals surface area contributed by atoms with Crippen LogP contribution in [0.3, 0.4) is 0 Å². The maximum atomic E-state index is 12.5. The highest BCUT2D eigenvalue weighted by molar-refractivity contribution is 5.97. The SMILES string of the molecule is COc1cccc(/C=N\OCC(=O)N2c3ccccc3C[C@H]2C)c1OC. The summed E-state index contributed by atoms with van der Waals surface area (Å²) in [5.41, 5.74) is 2.84. The van der Waals surface area contributed by atoms with Gasteiger partial charge in [-0.05, 0) is 37.1 Å². The lowest BCUT2D eigenvalue weighted by Gasteiger charge is -2.21. The first-order valence-electron chi connectivity index (χ1n) is 8.42. The highest BCUT2D eigenvalue weighted by atomic mass is 16.6. The van der Waals surface area contributed by atoms with E-state index in [2.05, 4.69) is 5.16 Å². The summed E-state index contributed by atoms with van der Waals surface area (Å²) in [6.07, 6.45) is 2.36. The van der Waals surface area contributed by atoms with Crippen LogP contribution in [-0.4, -0.2) is 39.0 Å². The summed E-state index contributed by atoms with van der Waals surface area (Å²) in [5, 5.41) is 3.91. The predicted molar refractivity (Wildman–Crippen MR) is 100 cm³/mol. The number of anilines is 1. The van der Waals surface area contributed by atoms with Crippen LogP contribution in [0.15, 0.2) is 47.6 Å². The maximum absolute atomic E-state index is 12.5. The lowest BCUT2D eigenvalue weighted by molar-refractivity contribution is -0.123. The monoisotopic (exact) mass is 354 g/mol. The number of benzene rings is 2. The molecule has 1 aliphatic rings. The molecule has 0 unspecified atom stereocenters. The molecule has 2 aromatic carbocycles. The largest absolute Gasteiger partial charge is 0.493 e. The molecule has 0 radical (unpaired) electrons. The quantitative estimate of drug-likeness (QED) is 0.591. The van der Waals surface area contributed by atoms with Gasteiger partial charge in [0.25, 0.3) is 5.91 Å². The molecule has 6 nitrogen and oxygen atoms in total. The third-order valence-corrected chi connectivity index (χ3v) is 4.36. The maximum Gasteiger partial charge on any atom is 0.268 e. The molecule has 0 saturated carbocycles. The Morgan fingerprint density at radius 1 is 1.19 bits per heavy atom. The number of carbonyl (C=O) groups is 1. The van der Waals surface area contributed by atoms with Gasteiger partial charge in [-0.2, -0.15) is 0 Å². The highest BCUT2D eigenvalue weighted by Gasteiger charge is 2.30. The molecule has 0 spiro atoms. The Bertz CT molecular complexity index is 819. The van der Waals surface area contributed by atoms with Crippen molar-refractivity contribution in [2.45, 2.75) is 19.4 Å². The van der Waals surface area contributed by atoms with Crippen LogP contribution >= 0.6 is 0 Å². The average Bonchev–Trinajstić information content (AvgIpc) is 3.00. The van der Waals surface area contributed by atoms with Gasteiger partial charge < -0.3 is 19.2 Å². The van der Waals surface area contributed by atoms with Crippen LogP contribution in [-0.2, 0) is 16.1 Å². The van der Waals surface area contributed by atoms with E-state index in [1.807, 2.05) is 43.3 Å². The first-order chi connectivity index (χ1) is 12.7. The molecule has 26 heavy (non-hydrogen) atoms. The molecular weight excluding hydrogens is 332 g/mol. The van der Waals surface area contributed by atoms with Crippen LogP contribution in [0.5, 0.6) is 11.5 Å². The molecule has 0 bridgehead atoms. The van der Waals surface area contributed by atoms with Crippen molar-refractivity contribution in [1.29, 1.82) is 0 Å². The van der Waals surface area contributed by atoms with Gasteiger partial charge in [-0.3, -0.25) is 4.79 Å². The number of hydrogen-bond acceptors (Lipinski definition) is 5. The molecule has 0 saturated heterocycles. The third-order valence-electron chi connectivity index (χ3n) is 4.36. The molecule has 136 valence electrons. The van der Waals surface area contributed by atoms with E-state index < -0.39 is 0 Å². The number of methoxy groups -OCH3 is 2. The molecule has 0 N–H and O–H groups in total. The minimum atomic E-state index is -0.124. The third kappa shape index (κ3) is 3.49. The zero-order valence-corrected chi connectivity index (χ0v) is 15.1. The number of carbonyl (C=O) groups excluding carboxylic acids is 1. The van der Waals surface area contributed by atoms with Crippen molar-refractivity contribution in [3.05, 3.63) is 53.6 Å². The number of rotatable bonds is 6. The van der Waals surface area contributed by atoms with E-state index in [0.717, 1.165) is 12.1 Å². The molecule has 6 heteroatoms. The first-order valence-corrected chi connectivity index (χ1v) is 8.42. The van der Waals surface area contributed by atoms with E-state index in [1.54, 1.807) is 25.2 Å². The second-order valence-corrected chi connectivity index (χ2v) is 6.04. The van der Waals surface area contributed by atoms with Gasteiger partial charge in [0.1, 0.15) is 0 Å². The van der Waals surface area contributed by atoms with Gasteiger partial charge in [-0.25, -0.2) is 0 Å². The molecular formula is C20H22N2O4. The van der Waals surface area contributed by atoms with Gasteiger partial charge in [0.05, 0.1) is 20.4 Å². The molecule has 1 atom stereocenters. The Morgan fingerprint density at radius 3 is 2.77 bits per heavy atom. The van der Waals surface area contributed by atoms with Gasteiger partial charge in [-0.1, -0.05) is 29.4 Å². The van der Waals surface area contributed by atoms with Crippen LogP contribution in [0, 0.1) is 0 Å². The van der Waals surface area contributed by atoms with Crippen molar-refractivity contribution in [1.82, 2.24) is 0 Å².